The third-order valence-corrected chi connectivity index (χ3v) is 9.35. The summed E-state index contributed by atoms with van der Waals surface area (Å²) in [6.45, 7) is 6.49. The summed E-state index contributed by atoms with van der Waals surface area (Å²) in [6, 6.07) is 5.85. The van der Waals surface area contributed by atoms with E-state index < -0.39 is 4.92 Å². The van der Waals surface area contributed by atoms with Crippen molar-refractivity contribution in [1.29, 1.82) is 0 Å². The molecule has 38 heavy (non-hydrogen) atoms. The van der Waals surface area contributed by atoms with E-state index in [0.717, 1.165) is 69.7 Å². The molecule has 1 saturated heterocycles. The van der Waals surface area contributed by atoms with Crippen molar-refractivity contribution < 1.29 is 9.72 Å². The number of aryl methyl sites for hydroxylation is 1. The van der Waals surface area contributed by atoms with Crippen LogP contribution in [-0.4, -0.2) is 75.9 Å². The number of hydrogen-bond donors (Lipinski definition) is 1. The van der Waals surface area contributed by atoms with Gasteiger partial charge in [0, 0.05) is 56.8 Å². The quantitative estimate of drug-likeness (QED) is 0.342. The van der Waals surface area contributed by atoms with E-state index in [-0.39, 0.29) is 16.7 Å². The van der Waals surface area contributed by atoms with Crippen molar-refractivity contribution in [1.82, 2.24) is 19.6 Å². The van der Waals surface area contributed by atoms with Gasteiger partial charge in [-0.25, -0.2) is 4.68 Å². The minimum Gasteiger partial charge on any atom is -0.340 e. The Morgan fingerprint density at radius 1 is 1.08 bits per heavy atom. The van der Waals surface area contributed by atoms with Crippen molar-refractivity contribution in [2.75, 3.05) is 39.3 Å². The highest BCUT2D eigenvalue weighted by Crippen LogP contribution is 2.60. The Labute approximate surface area is 221 Å². The zero-order chi connectivity index (χ0) is 26.4. The van der Waals surface area contributed by atoms with Crippen LogP contribution in [-0.2, 0) is 4.79 Å². The highest BCUT2D eigenvalue weighted by Gasteiger charge is 2.55. The second-order valence-corrected chi connectivity index (χ2v) is 11.9. The highest BCUT2D eigenvalue weighted by molar-refractivity contribution is 5.83. The van der Waals surface area contributed by atoms with Gasteiger partial charge < -0.3 is 4.90 Å². The van der Waals surface area contributed by atoms with Crippen LogP contribution in [0.1, 0.15) is 49.8 Å². The average Bonchev–Trinajstić information content (AvgIpc) is 3.18. The van der Waals surface area contributed by atoms with E-state index in [1.165, 1.54) is 36.1 Å². The number of piperazine rings is 1. The lowest BCUT2D eigenvalue weighted by molar-refractivity contribution is -0.384. The van der Waals surface area contributed by atoms with Crippen molar-refractivity contribution in [3.63, 3.8) is 0 Å². The minimum atomic E-state index is -0.467. The molecule has 1 aliphatic heterocycles. The van der Waals surface area contributed by atoms with Gasteiger partial charge in [0.05, 0.1) is 28.1 Å². The van der Waals surface area contributed by atoms with E-state index in [1.54, 1.807) is 18.3 Å². The molecule has 4 saturated carbocycles. The molecule has 4 aliphatic carbocycles. The Bertz CT molecular complexity index is 1270. The first-order chi connectivity index (χ1) is 18.3. The molecule has 5 fully saturated rings. The lowest BCUT2D eigenvalue weighted by atomic mass is 9.49. The SMILES string of the molecule is Cc1[nH]n(-c2ccc([N+](=O)[O-])cc2)c(=O)c1C=NCCN1CCN(C(=O)C23CC4CC(CC(C4)C2)C3)CC1. The number of nitrogens with one attached hydrogen (secondary N) is 1. The Balaban J connectivity index is 1.01. The molecule has 2 heterocycles. The molecule has 1 N–H and O–H groups in total. The molecule has 2 aromatic rings. The van der Waals surface area contributed by atoms with Crippen LogP contribution in [0.5, 0.6) is 0 Å². The van der Waals surface area contributed by atoms with Gasteiger partial charge in [-0.2, -0.15) is 0 Å². The zero-order valence-electron chi connectivity index (χ0n) is 22.0. The first kappa shape index (κ1) is 25.0. The van der Waals surface area contributed by atoms with E-state index in [2.05, 4.69) is 19.9 Å². The number of hydrogen-bond acceptors (Lipinski definition) is 6. The number of H-pyrrole nitrogens is 1. The molecule has 202 valence electrons. The zero-order valence-corrected chi connectivity index (χ0v) is 22.0. The van der Waals surface area contributed by atoms with Crippen LogP contribution in [0.15, 0.2) is 34.1 Å². The number of non-ortho nitro benzene ring substituents is 1. The summed E-state index contributed by atoms with van der Waals surface area (Å²) >= 11 is 0. The number of carbonyl (C=O) groups excluding carboxylic acids is 1. The van der Waals surface area contributed by atoms with E-state index in [0.29, 0.717) is 29.4 Å². The Kier molecular flexibility index (Phi) is 6.45. The molecule has 10 nitrogen and oxygen atoms in total. The van der Waals surface area contributed by atoms with Gasteiger partial charge in [0.25, 0.3) is 11.2 Å². The molecule has 7 rings (SSSR count). The summed E-state index contributed by atoms with van der Waals surface area (Å²) in [4.78, 5) is 45.9. The number of nitro benzene ring substituents is 1. The first-order valence-electron chi connectivity index (χ1n) is 13.9. The molecular weight excluding hydrogens is 484 g/mol. The predicted octanol–water partition coefficient (Wildman–Crippen LogP) is 3.16. The second kappa shape index (κ2) is 9.80. The molecule has 5 aliphatic rings. The van der Waals surface area contributed by atoms with Crippen LogP contribution in [0, 0.1) is 40.2 Å². The van der Waals surface area contributed by atoms with Crippen molar-refractivity contribution in [2.24, 2.45) is 28.2 Å². The number of benzene rings is 1. The largest absolute Gasteiger partial charge is 0.340 e. The van der Waals surface area contributed by atoms with Gasteiger partial charge in [0.1, 0.15) is 0 Å². The van der Waals surface area contributed by atoms with Gasteiger partial charge in [0.15, 0.2) is 0 Å². The van der Waals surface area contributed by atoms with Crippen molar-refractivity contribution in [2.45, 2.75) is 45.4 Å². The number of nitrogens with zero attached hydrogens (tertiary/aromatic N) is 5. The molecule has 4 bridgehead atoms. The molecule has 0 atom stereocenters. The fraction of sp³-hybridized carbons (Fsp3) is 0.607. The molecular formula is C28H36N6O4. The van der Waals surface area contributed by atoms with Crippen LogP contribution >= 0.6 is 0 Å². The number of carbonyl (C=O) groups is 1. The fourth-order valence-corrected chi connectivity index (χ4v) is 7.85. The van der Waals surface area contributed by atoms with Crippen molar-refractivity contribution in [3.05, 3.63) is 56.0 Å². The lowest BCUT2D eigenvalue weighted by Crippen LogP contribution is -2.58. The Hall–Kier alpha value is -3.27. The maximum absolute atomic E-state index is 13.6. The normalized spacial score (nSPS) is 28.9. The summed E-state index contributed by atoms with van der Waals surface area (Å²) in [5.41, 5.74) is 1.38. The van der Waals surface area contributed by atoms with Crippen LogP contribution in [0.4, 0.5) is 5.69 Å². The van der Waals surface area contributed by atoms with Gasteiger partial charge in [0.2, 0.25) is 5.91 Å². The Morgan fingerprint density at radius 3 is 2.26 bits per heavy atom. The summed E-state index contributed by atoms with van der Waals surface area (Å²) in [5, 5.41) is 13.9. The molecule has 1 amide bonds. The second-order valence-electron chi connectivity index (χ2n) is 11.9. The van der Waals surface area contributed by atoms with Crippen LogP contribution in [0.3, 0.4) is 0 Å². The summed E-state index contributed by atoms with van der Waals surface area (Å²) in [5.74, 6) is 2.78. The summed E-state index contributed by atoms with van der Waals surface area (Å²) in [6.07, 6.45) is 9.05. The van der Waals surface area contributed by atoms with Crippen LogP contribution < -0.4 is 5.56 Å². The number of aromatic nitrogens is 2. The van der Waals surface area contributed by atoms with E-state index in [4.69, 9.17) is 0 Å². The average molecular weight is 521 g/mol. The third kappa shape index (κ3) is 4.59. The lowest BCUT2D eigenvalue weighted by Gasteiger charge is -2.57. The van der Waals surface area contributed by atoms with Crippen LogP contribution in [0.2, 0.25) is 0 Å². The van der Waals surface area contributed by atoms with Gasteiger partial charge in [-0.1, -0.05) is 0 Å². The topological polar surface area (TPSA) is 117 Å². The third-order valence-electron chi connectivity index (χ3n) is 9.35. The first-order valence-corrected chi connectivity index (χ1v) is 13.9. The molecule has 10 heteroatoms. The maximum atomic E-state index is 13.6. The molecule has 0 radical (unpaired) electrons. The van der Waals surface area contributed by atoms with Crippen molar-refractivity contribution >= 4 is 17.8 Å². The summed E-state index contributed by atoms with van der Waals surface area (Å²) < 4.78 is 1.38. The standard InChI is InChI=1S/C28H36N6O4/c1-19-25(26(35)33(30-19)23-2-4-24(5-3-23)34(37)38)18-29-6-7-31-8-10-32(11-9-31)27(36)28-15-20-12-21(16-28)14-22(13-20)17-28/h2-5,18,20-22,30H,6-17H2,1H3. The highest BCUT2D eigenvalue weighted by atomic mass is 16.6. The predicted molar refractivity (Wildman–Crippen MR) is 144 cm³/mol. The number of rotatable bonds is 7. The minimum absolute atomic E-state index is 0.0233. The Morgan fingerprint density at radius 2 is 1.68 bits per heavy atom. The number of aromatic amines is 1. The van der Waals surface area contributed by atoms with Gasteiger partial charge >= 0.3 is 0 Å². The smallest absolute Gasteiger partial charge is 0.280 e. The van der Waals surface area contributed by atoms with Gasteiger partial charge in [-0.15, -0.1) is 0 Å². The van der Waals surface area contributed by atoms with E-state index >= 15 is 0 Å². The molecule has 0 unspecified atom stereocenters. The molecule has 1 aromatic heterocycles. The molecule has 0 spiro atoms. The number of aliphatic imine (C=N–C) groups is 1. The maximum Gasteiger partial charge on any atom is 0.280 e. The monoisotopic (exact) mass is 520 g/mol. The van der Waals surface area contributed by atoms with Crippen LogP contribution in [0.25, 0.3) is 5.69 Å². The number of nitro groups is 1. The van der Waals surface area contributed by atoms with Gasteiger partial charge in [-0.05, 0) is 75.3 Å². The molecule has 1 aromatic carbocycles. The van der Waals surface area contributed by atoms with Crippen molar-refractivity contribution in [3.8, 4) is 5.69 Å². The fourth-order valence-electron chi connectivity index (χ4n) is 7.85. The van der Waals surface area contributed by atoms with E-state index in [1.807, 2.05) is 6.92 Å². The summed E-state index contributed by atoms with van der Waals surface area (Å²) in [7, 11) is 0. The van der Waals surface area contributed by atoms with Gasteiger partial charge in [-0.3, -0.25) is 34.7 Å². The van der Waals surface area contributed by atoms with E-state index in [9.17, 15) is 19.7 Å². The number of amides is 1.